The Morgan fingerprint density at radius 3 is 2.73 bits per heavy atom. The molecule has 7 heteroatoms. The van der Waals surface area contributed by atoms with Crippen molar-refractivity contribution < 1.29 is 19.8 Å². The lowest BCUT2D eigenvalue weighted by atomic mass is 10.0. The van der Waals surface area contributed by atoms with E-state index in [4.69, 9.17) is 4.74 Å². The van der Waals surface area contributed by atoms with Crippen LogP contribution in [0.15, 0.2) is 24.3 Å². The standard InChI is InChI=1S/C15H24N2O5/c1-12-6-4-5-7-14(12)21-11-13(18)10-16-15(2,3)8-9-22-17(19)20/h4-7,13,16,18H,8-11H2,1-3H3. The molecule has 0 heterocycles. The number of β-amino-alcohol motifs (C(OH)–C–C–N with tert-alkyl or cyclic N) is 1. The van der Waals surface area contributed by atoms with Crippen molar-refractivity contribution in [2.45, 2.75) is 38.8 Å². The van der Waals surface area contributed by atoms with Gasteiger partial charge in [-0.05, 0) is 38.8 Å². The van der Waals surface area contributed by atoms with E-state index < -0.39 is 11.2 Å². The molecule has 0 saturated heterocycles. The van der Waals surface area contributed by atoms with Crippen LogP contribution in [-0.2, 0) is 4.84 Å². The number of aliphatic hydroxyl groups is 1. The number of aliphatic hydroxyl groups excluding tert-OH is 1. The SMILES string of the molecule is Cc1ccccc1OCC(O)CNC(C)(C)CCO[N+](=O)[O-]. The van der Waals surface area contributed by atoms with Gasteiger partial charge in [-0.2, -0.15) is 0 Å². The monoisotopic (exact) mass is 312 g/mol. The number of hydrogen-bond acceptors (Lipinski definition) is 6. The predicted octanol–water partition coefficient (Wildman–Crippen LogP) is 1.70. The highest BCUT2D eigenvalue weighted by molar-refractivity contribution is 5.31. The van der Waals surface area contributed by atoms with Gasteiger partial charge in [0.1, 0.15) is 18.5 Å². The summed E-state index contributed by atoms with van der Waals surface area (Å²) in [5.74, 6) is 0.750. The fourth-order valence-electron chi connectivity index (χ4n) is 1.82. The van der Waals surface area contributed by atoms with E-state index in [0.29, 0.717) is 13.0 Å². The third kappa shape index (κ3) is 7.24. The zero-order chi connectivity index (χ0) is 16.6. The molecule has 0 fully saturated rings. The summed E-state index contributed by atoms with van der Waals surface area (Å²) in [5, 5.41) is 22.4. The first kappa shape index (κ1) is 18.2. The highest BCUT2D eigenvalue weighted by atomic mass is 16.9. The average molecular weight is 312 g/mol. The molecule has 0 spiro atoms. The summed E-state index contributed by atoms with van der Waals surface area (Å²) < 4.78 is 5.57. The molecule has 22 heavy (non-hydrogen) atoms. The van der Waals surface area contributed by atoms with Gasteiger partial charge in [0.25, 0.3) is 5.09 Å². The highest BCUT2D eigenvalue weighted by Crippen LogP contribution is 2.16. The van der Waals surface area contributed by atoms with Gasteiger partial charge in [-0.1, -0.05) is 18.2 Å². The van der Waals surface area contributed by atoms with Crippen LogP contribution < -0.4 is 10.1 Å². The van der Waals surface area contributed by atoms with Crippen LogP contribution in [0.1, 0.15) is 25.8 Å². The second-order valence-corrected chi connectivity index (χ2v) is 5.80. The lowest BCUT2D eigenvalue weighted by Crippen LogP contribution is -2.45. The van der Waals surface area contributed by atoms with Crippen molar-refractivity contribution in [3.8, 4) is 5.75 Å². The summed E-state index contributed by atoms with van der Waals surface area (Å²) in [6.07, 6.45) is -0.213. The number of nitrogens with one attached hydrogen (secondary N) is 1. The molecule has 7 nitrogen and oxygen atoms in total. The second kappa shape index (κ2) is 8.55. The molecular weight excluding hydrogens is 288 g/mol. The summed E-state index contributed by atoms with van der Waals surface area (Å²) in [4.78, 5) is 14.4. The molecule has 0 bridgehead atoms. The predicted molar refractivity (Wildman–Crippen MR) is 82.3 cm³/mol. The van der Waals surface area contributed by atoms with Crippen molar-refractivity contribution in [2.24, 2.45) is 0 Å². The molecule has 2 N–H and O–H groups in total. The largest absolute Gasteiger partial charge is 0.491 e. The van der Waals surface area contributed by atoms with Crippen LogP contribution in [0.2, 0.25) is 0 Å². The third-order valence-electron chi connectivity index (χ3n) is 3.26. The van der Waals surface area contributed by atoms with E-state index in [1.807, 2.05) is 45.0 Å². The minimum Gasteiger partial charge on any atom is -0.491 e. The van der Waals surface area contributed by atoms with Crippen molar-refractivity contribution in [1.82, 2.24) is 5.32 Å². The van der Waals surface area contributed by atoms with E-state index in [1.165, 1.54) is 0 Å². The van der Waals surface area contributed by atoms with Gasteiger partial charge in [0.05, 0.1) is 6.61 Å². The van der Waals surface area contributed by atoms with Crippen molar-refractivity contribution >= 4 is 0 Å². The van der Waals surface area contributed by atoms with Crippen LogP contribution in [0, 0.1) is 17.0 Å². The van der Waals surface area contributed by atoms with Crippen molar-refractivity contribution in [1.29, 1.82) is 0 Å². The summed E-state index contributed by atoms with van der Waals surface area (Å²) in [6.45, 7) is 6.26. The fraction of sp³-hybridized carbons (Fsp3) is 0.600. The maximum Gasteiger partial charge on any atom is 0.294 e. The number of benzene rings is 1. The van der Waals surface area contributed by atoms with Crippen LogP contribution in [0.5, 0.6) is 5.75 Å². The molecule has 1 rings (SSSR count). The number of nitrogens with zero attached hydrogens (tertiary/aromatic N) is 1. The number of aryl methyl sites for hydroxylation is 1. The summed E-state index contributed by atoms with van der Waals surface area (Å²) in [6, 6.07) is 7.61. The van der Waals surface area contributed by atoms with Gasteiger partial charge < -0.3 is 20.0 Å². The molecule has 0 saturated carbocycles. The third-order valence-corrected chi connectivity index (χ3v) is 3.26. The number of para-hydroxylation sites is 1. The Morgan fingerprint density at radius 1 is 1.41 bits per heavy atom. The van der Waals surface area contributed by atoms with Crippen LogP contribution >= 0.6 is 0 Å². The van der Waals surface area contributed by atoms with E-state index in [1.54, 1.807) is 0 Å². The minimum absolute atomic E-state index is 0.0167. The quantitative estimate of drug-likeness (QED) is 0.504. The van der Waals surface area contributed by atoms with Crippen LogP contribution in [-0.4, -0.2) is 41.6 Å². The summed E-state index contributed by atoms with van der Waals surface area (Å²) >= 11 is 0. The van der Waals surface area contributed by atoms with Gasteiger partial charge >= 0.3 is 0 Å². The molecule has 0 aliphatic carbocycles. The van der Waals surface area contributed by atoms with Gasteiger partial charge in [-0.15, -0.1) is 10.1 Å². The molecule has 0 aromatic heterocycles. The van der Waals surface area contributed by atoms with E-state index in [0.717, 1.165) is 11.3 Å². The number of ether oxygens (including phenoxy) is 1. The molecule has 1 atom stereocenters. The number of rotatable bonds is 10. The normalized spacial score (nSPS) is 12.7. The minimum atomic E-state index is -0.805. The topological polar surface area (TPSA) is 93.9 Å². The second-order valence-electron chi connectivity index (χ2n) is 5.80. The van der Waals surface area contributed by atoms with Gasteiger partial charge in [0.2, 0.25) is 0 Å². The van der Waals surface area contributed by atoms with Crippen LogP contribution in [0.25, 0.3) is 0 Å². The molecule has 1 aromatic rings. The first-order chi connectivity index (χ1) is 10.3. The van der Waals surface area contributed by atoms with Crippen LogP contribution in [0.4, 0.5) is 0 Å². The maximum absolute atomic E-state index is 10.1. The van der Waals surface area contributed by atoms with Crippen molar-refractivity contribution in [3.05, 3.63) is 39.9 Å². The molecule has 1 unspecified atom stereocenters. The Bertz CT molecular complexity index is 479. The van der Waals surface area contributed by atoms with Gasteiger partial charge in [-0.25, -0.2) is 0 Å². The van der Waals surface area contributed by atoms with E-state index in [-0.39, 0.29) is 18.8 Å². The van der Waals surface area contributed by atoms with E-state index >= 15 is 0 Å². The summed E-state index contributed by atoms with van der Waals surface area (Å²) in [7, 11) is 0. The first-order valence-electron chi connectivity index (χ1n) is 7.19. The zero-order valence-corrected chi connectivity index (χ0v) is 13.2. The first-order valence-corrected chi connectivity index (χ1v) is 7.19. The van der Waals surface area contributed by atoms with Crippen molar-refractivity contribution in [3.63, 3.8) is 0 Å². The van der Waals surface area contributed by atoms with Gasteiger partial charge in [0, 0.05) is 12.1 Å². The Morgan fingerprint density at radius 2 is 2.09 bits per heavy atom. The number of hydrogen-bond donors (Lipinski definition) is 2. The Balaban J connectivity index is 2.28. The van der Waals surface area contributed by atoms with Crippen molar-refractivity contribution in [2.75, 3.05) is 19.8 Å². The fourth-order valence-corrected chi connectivity index (χ4v) is 1.82. The molecule has 0 amide bonds. The lowest BCUT2D eigenvalue weighted by molar-refractivity contribution is -0.758. The maximum atomic E-state index is 10.1. The lowest BCUT2D eigenvalue weighted by Gasteiger charge is -2.27. The van der Waals surface area contributed by atoms with Gasteiger partial charge in [0.15, 0.2) is 0 Å². The Kier molecular flexibility index (Phi) is 7.07. The molecular formula is C15H24N2O5. The van der Waals surface area contributed by atoms with Gasteiger partial charge in [-0.3, -0.25) is 0 Å². The summed E-state index contributed by atoms with van der Waals surface area (Å²) in [5.41, 5.74) is 0.638. The van der Waals surface area contributed by atoms with E-state index in [2.05, 4.69) is 10.2 Å². The van der Waals surface area contributed by atoms with Crippen LogP contribution in [0.3, 0.4) is 0 Å². The Labute approximate surface area is 130 Å². The molecule has 0 radical (unpaired) electrons. The molecule has 1 aromatic carbocycles. The molecule has 124 valence electrons. The average Bonchev–Trinajstić information content (AvgIpc) is 2.44. The van der Waals surface area contributed by atoms with E-state index in [9.17, 15) is 15.2 Å². The molecule has 0 aliphatic rings. The smallest absolute Gasteiger partial charge is 0.294 e. The Hall–Kier alpha value is -1.86. The molecule has 0 aliphatic heterocycles. The highest BCUT2D eigenvalue weighted by Gasteiger charge is 2.19. The zero-order valence-electron chi connectivity index (χ0n) is 13.2.